The summed E-state index contributed by atoms with van der Waals surface area (Å²) >= 11 is 5.03. The Morgan fingerprint density at radius 2 is 2.19 bits per heavy atom. The molecule has 0 radical (unpaired) electrons. The van der Waals surface area contributed by atoms with E-state index in [0.717, 1.165) is 12.8 Å². The van der Waals surface area contributed by atoms with Crippen LogP contribution < -0.4 is 5.56 Å². The highest BCUT2D eigenvalue weighted by Crippen LogP contribution is 2.31. The number of nitrogens with one attached hydrogen (secondary N) is 1. The summed E-state index contributed by atoms with van der Waals surface area (Å²) < 4.78 is 1.72. The van der Waals surface area contributed by atoms with Crippen LogP contribution in [0.2, 0.25) is 0 Å². The quantitative estimate of drug-likeness (QED) is 0.666. The van der Waals surface area contributed by atoms with Gasteiger partial charge in [-0.2, -0.15) is 0 Å². The molecule has 1 saturated carbocycles. The van der Waals surface area contributed by atoms with Crippen LogP contribution in [-0.2, 0) is 6.54 Å². The highest BCUT2D eigenvalue weighted by Gasteiger charge is 2.26. The van der Waals surface area contributed by atoms with E-state index >= 15 is 0 Å². The van der Waals surface area contributed by atoms with Crippen molar-refractivity contribution < 1.29 is 5.11 Å². The molecule has 2 rings (SSSR count). The summed E-state index contributed by atoms with van der Waals surface area (Å²) in [6, 6.07) is 0.214. The van der Waals surface area contributed by atoms with Crippen LogP contribution in [0.1, 0.15) is 45.6 Å². The van der Waals surface area contributed by atoms with Crippen molar-refractivity contribution in [3.05, 3.63) is 20.7 Å². The standard InChI is InChI=1S/C15H23N3O2S/c1-4-18-14(20)11(13(19)17-15(18)21)8-16-12-7-5-6-9(2)10(12)3/h8-10,12,20H,4-7H2,1-3H3,(H,17,19,21)/t9-,10+,12+/m0/s1. The Labute approximate surface area is 129 Å². The smallest absolute Gasteiger partial charge is 0.264 e. The van der Waals surface area contributed by atoms with E-state index in [2.05, 4.69) is 23.8 Å². The third-order valence-electron chi connectivity index (χ3n) is 4.58. The number of aromatic nitrogens is 2. The van der Waals surface area contributed by atoms with Gasteiger partial charge in [0.25, 0.3) is 5.56 Å². The van der Waals surface area contributed by atoms with Gasteiger partial charge in [0, 0.05) is 12.8 Å². The van der Waals surface area contributed by atoms with Crippen molar-refractivity contribution >= 4 is 18.4 Å². The van der Waals surface area contributed by atoms with Gasteiger partial charge in [-0.1, -0.05) is 26.7 Å². The Morgan fingerprint density at radius 1 is 1.48 bits per heavy atom. The minimum absolute atomic E-state index is 0.105. The number of hydrogen-bond acceptors (Lipinski definition) is 4. The van der Waals surface area contributed by atoms with Crippen molar-refractivity contribution in [2.45, 2.75) is 52.6 Å². The van der Waals surface area contributed by atoms with Gasteiger partial charge in [-0.05, 0) is 37.4 Å². The van der Waals surface area contributed by atoms with Gasteiger partial charge in [0.1, 0.15) is 5.56 Å². The minimum Gasteiger partial charge on any atom is -0.494 e. The van der Waals surface area contributed by atoms with Gasteiger partial charge in [0.2, 0.25) is 5.88 Å². The lowest BCUT2D eigenvalue weighted by Crippen LogP contribution is -2.28. The van der Waals surface area contributed by atoms with E-state index in [-0.39, 0.29) is 27.8 Å². The third kappa shape index (κ3) is 3.26. The fraction of sp³-hybridized carbons (Fsp3) is 0.667. The van der Waals surface area contributed by atoms with Crippen LogP contribution in [0.5, 0.6) is 5.88 Å². The molecule has 2 N–H and O–H groups in total. The molecule has 0 aromatic carbocycles. The number of aliphatic imine (C=N–C) groups is 1. The van der Waals surface area contributed by atoms with E-state index in [1.165, 1.54) is 17.2 Å². The first-order valence-electron chi connectivity index (χ1n) is 7.55. The molecule has 0 unspecified atom stereocenters. The van der Waals surface area contributed by atoms with Crippen molar-refractivity contribution in [2.24, 2.45) is 16.8 Å². The molecular weight excluding hydrogens is 286 g/mol. The van der Waals surface area contributed by atoms with Gasteiger partial charge < -0.3 is 5.11 Å². The molecule has 1 aromatic heterocycles. The Hall–Kier alpha value is -1.43. The molecule has 5 nitrogen and oxygen atoms in total. The molecule has 0 amide bonds. The Morgan fingerprint density at radius 3 is 2.86 bits per heavy atom. The van der Waals surface area contributed by atoms with E-state index in [9.17, 15) is 9.90 Å². The maximum atomic E-state index is 12.0. The van der Waals surface area contributed by atoms with Crippen LogP contribution in [-0.4, -0.2) is 26.9 Å². The van der Waals surface area contributed by atoms with Crippen LogP contribution in [0.3, 0.4) is 0 Å². The largest absolute Gasteiger partial charge is 0.494 e. The molecule has 1 aromatic rings. The molecule has 0 spiro atoms. The Bertz CT molecular complexity index is 647. The fourth-order valence-electron chi connectivity index (χ4n) is 2.92. The summed E-state index contributed by atoms with van der Waals surface area (Å²) in [5, 5.41) is 10.2. The lowest BCUT2D eigenvalue weighted by molar-refractivity contribution is 0.242. The number of nitrogens with zero attached hydrogens (tertiary/aromatic N) is 2. The van der Waals surface area contributed by atoms with Crippen molar-refractivity contribution in [1.29, 1.82) is 0 Å². The second kappa shape index (κ2) is 6.56. The zero-order chi connectivity index (χ0) is 15.6. The summed E-state index contributed by atoms with van der Waals surface area (Å²) in [5.41, 5.74) is -0.196. The first-order valence-corrected chi connectivity index (χ1v) is 7.95. The number of H-pyrrole nitrogens is 1. The maximum Gasteiger partial charge on any atom is 0.264 e. The highest BCUT2D eigenvalue weighted by atomic mass is 32.1. The van der Waals surface area contributed by atoms with Gasteiger partial charge in [0.15, 0.2) is 4.77 Å². The first-order chi connectivity index (χ1) is 9.95. The summed E-state index contributed by atoms with van der Waals surface area (Å²) in [5.74, 6) is 1.03. The topological polar surface area (TPSA) is 70.4 Å². The molecule has 0 aliphatic heterocycles. The van der Waals surface area contributed by atoms with E-state index in [0.29, 0.717) is 18.4 Å². The minimum atomic E-state index is -0.387. The summed E-state index contributed by atoms with van der Waals surface area (Å²) in [6.07, 6.45) is 4.94. The molecule has 1 aliphatic carbocycles. The molecule has 3 atom stereocenters. The van der Waals surface area contributed by atoms with E-state index in [1.54, 1.807) is 0 Å². The zero-order valence-electron chi connectivity index (χ0n) is 12.8. The average Bonchev–Trinajstić information content (AvgIpc) is 2.43. The Kier molecular flexibility index (Phi) is 4.98. The number of hydrogen-bond donors (Lipinski definition) is 2. The predicted octanol–water partition coefficient (Wildman–Crippen LogP) is 2.87. The van der Waals surface area contributed by atoms with Gasteiger partial charge in [-0.3, -0.25) is 19.3 Å². The number of aromatic hydroxyl groups is 1. The summed E-state index contributed by atoms with van der Waals surface area (Å²) in [6.45, 7) is 6.81. The average molecular weight is 309 g/mol. The SMILES string of the molecule is CCn1c(O)c(C=N[C@@H]2CCC[C@H](C)[C@H]2C)c(=O)[nH]c1=S. The van der Waals surface area contributed by atoms with Crippen LogP contribution >= 0.6 is 12.2 Å². The van der Waals surface area contributed by atoms with Crippen molar-refractivity contribution in [2.75, 3.05) is 0 Å². The molecule has 1 fully saturated rings. The van der Waals surface area contributed by atoms with E-state index in [4.69, 9.17) is 12.2 Å². The number of rotatable bonds is 3. The summed E-state index contributed by atoms with van der Waals surface area (Å²) in [7, 11) is 0. The zero-order valence-corrected chi connectivity index (χ0v) is 13.6. The summed E-state index contributed by atoms with van der Waals surface area (Å²) in [4.78, 5) is 19.1. The van der Waals surface area contributed by atoms with Gasteiger partial charge in [-0.25, -0.2) is 0 Å². The van der Waals surface area contributed by atoms with Gasteiger partial charge in [-0.15, -0.1) is 0 Å². The van der Waals surface area contributed by atoms with Crippen LogP contribution in [0, 0.1) is 16.6 Å². The number of aromatic amines is 1. The highest BCUT2D eigenvalue weighted by molar-refractivity contribution is 7.71. The fourth-order valence-corrected chi connectivity index (χ4v) is 3.23. The molecule has 0 saturated heterocycles. The third-order valence-corrected chi connectivity index (χ3v) is 4.90. The molecule has 1 heterocycles. The predicted molar refractivity (Wildman–Crippen MR) is 86.8 cm³/mol. The van der Waals surface area contributed by atoms with Crippen LogP contribution in [0.25, 0.3) is 0 Å². The molecule has 21 heavy (non-hydrogen) atoms. The second-order valence-corrected chi connectivity index (χ2v) is 6.24. The first kappa shape index (κ1) is 15.9. The molecule has 0 bridgehead atoms. The molecule has 6 heteroatoms. The van der Waals surface area contributed by atoms with Gasteiger partial charge >= 0.3 is 0 Å². The normalized spacial score (nSPS) is 26.3. The van der Waals surface area contributed by atoms with E-state index < -0.39 is 0 Å². The van der Waals surface area contributed by atoms with Crippen molar-refractivity contribution in [3.63, 3.8) is 0 Å². The van der Waals surface area contributed by atoms with Crippen molar-refractivity contribution in [1.82, 2.24) is 9.55 Å². The molecule has 1 aliphatic rings. The lowest BCUT2D eigenvalue weighted by atomic mass is 9.78. The van der Waals surface area contributed by atoms with Gasteiger partial charge in [0.05, 0.1) is 6.04 Å². The monoisotopic (exact) mass is 309 g/mol. The molecular formula is C15H23N3O2S. The Balaban J connectivity index is 2.33. The van der Waals surface area contributed by atoms with Crippen LogP contribution in [0.15, 0.2) is 9.79 Å². The second-order valence-electron chi connectivity index (χ2n) is 5.85. The van der Waals surface area contributed by atoms with E-state index in [1.807, 2.05) is 6.92 Å². The van der Waals surface area contributed by atoms with Crippen LogP contribution in [0.4, 0.5) is 0 Å². The maximum absolute atomic E-state index is 12.0. The van der Waals surface area contributed by atoms with Crippen molar-refractivity contribution in [3.8, 4) is 5.88 Å². The molecule has 116 valence electrons. The lowest BCUT2D eigenvalue weighted by Gasteiger charge is -2.31.